The molecule has 0 aliphatic rings. The van der Waals surface area contributed by atoms with E-state index < -0.39 is 36.2 Å². The molecule has 0 saturated carbocycles. The molecule has 0 radical (unpaired) electrons. The van der Waals surface area contributed by atoms with Crippen molar-refractivity contribution in [3.05, 3.63) is 163 Å². The van der Waals surface area contributed by atoms with Crippen molar-refractivity contribution in [3.63, 3.8) is 0 Å². The lowest BCUT2D eigenvalue weighted by Gasteiger charge is -2.20. The highest BCUT2D eigenvalue weighted by Crippen LogP contribution is 2.37. The number of carbonyl (C=O) groups is 2. The molecule has 6 N–H and O–H groups in total. The number of halogens is 2. The quantitative estimate of drug-likeness (QED) is 0.0314. The number of aliphatic imine (C=N–C) groups is 1. The van der Waals surface area contributed by atoms with E-state index in [9.17, 15) is 35.3 Å². The number of aliphatic hydroxyl groups excluding tert-OH is 2. The molecule has 0 fully saturated rings. The van der Waals surface area contributed by atoms with E-state index in [-0.39, 0.29) is 49.6 Å². The molecule has 0 aliphatic heterocycles. The Morgan fingerprint density at radius 1 is 0.662 bits per heavy atom. The van der Waals surface area contributed by atoms with Crippen molar-refractivity contribution < 1.29 is 49.0 Å². The first-order valence-corrected chi connectivity index (χ1v) is 23.1. The summed E-state index contributed by atoms with van der Waals surface area (Å²) in [6, 6.07) is 21.6. The monoisotopic (exact) mass is 1000 g/mol. The van der Waals surface area contributed by atoms with Crippen LogP contribution in [-0.4, -0.2) is 79.9 Å². The number of carboxylic acid groups (broad SMARTS) is 2. The van der Waals surface area contributed by atoms with Crippen LogP contribution in [0.2, 0.25) is 10.0 Å². The first-order chi connectivity index (χ1) is 34.1. The third-order valence-electron chi connectivity index (χ3n) is 11.5. The SMILES string of the molecule is C/N=C/c1cncc(COc2cc(OCc3cccc(-c4cccc(COc5cc(OCc6cncc(C#N)c6)c(CN[C@@H](C(=O)O)[C@H](C)O)cc5Cl)c4C)c3C)c(Cl)cc2CN[C@@H](C(=O)O)[C@@H](C)O)c1. The fourth-order valence-electron chi connectivity index (χ4n) is 7.62. The van der Waals surface area contributed by atoms with Gasteiger partial charge in [-0.1, -0.05) is 59.6 Å². The maximum Gasteiger partial charge on any atom is 0.323 e. The second-order valence-corrected chi connectivity index (χ2v) is 17.5. The highest BCUT2D eigenvalue weighted by Gasteiger charge is 2.25. The summed E-state index contributed by atoms with van der Waals surface area (Å²) in [6.07, 6.45) is 5.71. The number of hydrogen-bond acceptors (Lipinski definition) is 14. The summed E-state index contributed by atoms with van der Waals surface area (Å²) in [4.78, 5) is 36.1. The Balaban J connectivity index is 1.21. The van der Waals surface area contributed by atoms with E-state index in [1.54, 1.807) is 62.2 Å². The number of nitriles is 1. The molecule has 4 aromatic carbocycles. The van der Waals surface area contributed by atoms with Gasteiger partial charge in [0.15, 0.2) is 0 Å². The van der Waals surface area contributed by atoms with Gasteiger partial charge in [-0.15, -0.1) is 0 Å². The first-order valence-electron chi connectivity index (χ1n) is 22.4. The number of hydrogen-bond donors (Lipinski definition) is 6. The average Bonchev–Trinajstić information content (AvgIpc) is 3.33. The van der Waals surface area contributed by atoms with E-state index in [4.69, 9.17) is 42.1 Å². The predicted octanol–water partition coefficient (Wildman–Crippen LogP) is 8.15. The van der Waals surface area contributed by atoms with Gasteiger partial charge in [-0.2, -0.15) is 5.26 Å². The summed E-state index contributed by atoms with van der Waals surface area (Å²) in [5.41, 5.74) is 9.26. The van der Waals surface area contributed by atoms with Crippen LogP contribution in [0.5, 0.6) is 23.0 Å². The summed E-state index contributed by atoms with van der Waals surface area (Å²) in [7, 11) is 1.67. The fraction of sp³-hybridized carbons (Fsp3) is 0.283. The number of nitrogens with one attached hydrogen (secondary N) is 2. The van der Waals surface area contributed by atoms with Crippen LogP contribution in [0.4, 0.5) is 0 Å². The van der Waals surface area contributed by atoms with Gasteiger partial charge < -0.3 is 39.4 Å². The average molecular weight is 1010 g/mol. The zero-order chi connectivity index (χ0) is 51.2. The van der Waals surface area contributed by atoms with Crippen molar-refractivity contribution in [1.29, 1.82) is 5.26 Å². The van der Waals surface area contributed by atoms with Crippen LogP contribution in [0.3, 0.4) is 0 Å². The Hall–Kier alpha value is -7.10. The van der Waals surface area contributed by atoms with E-state index >= 15 is 0 Å². The van der Waals surface area contributed by atoms with Crippen LogP contribution in [-0.2, 0) is 49.1 Å². The van der Waals surface area contributed by atoms with Crippen LogP contribution in [0.25, 0.3) is 11.1 Å². The second-order valence-electron chi connectivity index (χ2n) is 16.7. The van der Waals surface area contributed by atoms with E-state index in [1.807, 2.05) is 56.3 Å². The number of aromatic nitrogens is 2. The Morgan fingerprint density at radius 3 is 1.55 bits per heavy atom. The number of carboxylic acids is 2. The van der Waals surface area contributed by atoms with Crippen molar-refractivity contribution in [3.8, 4) is 40.2 Å². The lowest BCUT2D eigenvalue weighted by atomic mass is 9.92. The maximum absolute atomic E-state index is 11.8. The number of rotatable bonds is 24. The van der Waals surface area contributed by atoms with Crippen LogP contribution in [0.1, 0.15) is 69.5 Å². The van der Waals surface area contributed by atoms with E-state index in [0.717, 1.165) is 44.5 Å². The minimum atomic E-state index is -1.25. The number of aliphatic hydroxyl groups is 2. The molecule has 4 atom stereocenters. The number of benzene rings is 4. The molecule has 16 nitrogen and oxygen atoms in total. The first kappa shape index (κ1) is 53.3. The fourth-order valence-corrected chi connectivity index (χ4v) is 8.10. The number of aliphatic carboxylic acids is 2. The molecule has 0 saturated heterocycles. The van der Waals surface area contributed by atoms with Gasteiger partial charge in [0.2, 0.25) is 0 Å². The van der Waals surface area contributed by atoms with Crippen molar-refractivity contribution in [2.24, 2.45) is 4.99 Å². The zero-order valence-corrected chi connectivity index (χ0v) is 41.2. The Labute approximate surface area is 421 Å². The van der Waals surface area contributed by atoms with Crippen molar-refractivity contribution in [2.45, 2.75) is 91.5 Å². The molecule has 0 unspecified atom stereocenters. The third-order valence-corrected chi connectivity index (χ3v) is 12.1. The van der Waals surface area contributed by atoms with Crippen LogP contribution >= 0.6 is 23.2 Å². The number of ether oxygens (including phenoxy) is 4. The molecule has 6 aromatic rings. The molecule has 0 spiro atoms. The van der Waals surface area contributed by atoms with Gasteiger partial charge >= 0.3 is 11.9 Å². The number of pyridine rings is 2. The van der Waals surface area contributed by atoms with Gasteiger partial charge in [0.1, 0.15) is 67.6 Å². The number of nitrogens with zero attached hydrogens (tertiary/aromatic N) is 4. The van der Waals surface area contributed by atoms with Crippen molar-refractivity contribution in [1.82, 2.24) is 20.6 Å². The molecule has 0 bridgehead atoms. The molecule has 6 rings (SSSR count). The zero-order valence-electron chi connectivity index (χ0n) is 39.7. The highest BCUT2D eigenvalue weighted by atomic mass is 35.5. The van der Waals surface area contributed by atoms with Crippen molar-refractivity contribution >= 4 is 41.4 Å². The Kier molecular flexibility index (Phi) is 18.9. The largest absolute Gasteiger partial charge is 0.488 e. The van der Waals surface area contributed by atoms with Crippen molar-refractivity contribution in [2.75, 3.05) is 7.05 Å². The molecule has 0 aliphatic carbocycles. The standard InChI is InChI=1S/C53H54Cl2N6O10/c1-30-38(28-70-48-16-46(68-26-36-12-34(18-56)20-58-22-36)40(14-44(48)54)24-60-50(32(3)62)52(64)65)8-6-10-42(30)43-11-7-9-39(31(43)2)29-71-49-17-47(69-27-37-13-35(19-57-5)21-59-23-37)41(15-45(49)55)25-61-51(33(4)63)53(66)67/h6-17,19-23,32-33,50-51,60-63H,24-29H2,1-5H3,(H,64,65)(H,66,67)/b57-19+/t32-,33+,50+,51+/m0/s1. The normalized spacial score (nSPS) is 13.0. The summed E-state index contributed by atoms with van der Waals surface area (Å²) in [6.45, 7) is 7.26. The van der Waals surface area contributed by atoms with Gasteiger partial charge in [0.25, 0.3) is 0 Å². The topological polar surface area (TPSA) is 238 Å². The molecule has 2 aromatic heterocycles. The Bertz CT molecular complexity index is 2930. The van der Waals surface area contributed by atoms with Crippen LogP contribution in [0, 0.1) is 25.2 Å². The van der Waals surface area contributed by atoms with E-state index in [2.05, 4.69) is 31.7 Å². The predicted molar refractivity (Wildman–Crippen MR) is 268 cm³/mol. The van der Waals surface area contributed by atoms with Crippen LogP contribution in [0.15, 0.2) is 103 Å². The summed E-state index contributed by atoms with van der Waals surface area (Å²) >= 11 is 13.6. The minimum Gasteiger partial charge on any atom is -0.488 e. The van der Waals surface area contributed by atoms with Gasteiger partial charge in [0.05, 0.1) is 27.8 Å². The molecule has 0 amide bonds. The van der Waals surface area contributed by atoms with Gasteiger partial charge in [-0.05, 0) is 85.3 Å². The summed E-state index contributed by atoms with van der Waals surface area (Å²) in [5.74, 6) is -1.04. The lowest BCUT2D eigenvalue weighted by Crippen LogP contribution is -2.44. The van der Waals surface area contributed by atoms with Gasteiger partial charge in [-0.3, -0.25) is 35.2 Å². The van der Waals surface area contributed by atoms with E-state index in [0.29, 0.717) is 45.3 Å². The van der Waals surface area contributed by atoms with Gasteiger partial charge in [0, 0.05) is 91.1 Å². The van der Waals surface area contributed by atoms with E-state index in [1.165, 1.54) is 20.0 Å². The lowest BCUT2D eigenvalue weighted by molar-refractivity contribution is -0.143. The molecule has 2 heterocycles. The maximum atomic E-state index is 11.8. The molecule has 71 heavy (non-hydrogen) atoms. The molecule has 18 heteroatoms. The minimum absolute atomic E-state index is 0.00365. The molecular weight excluding hydrogens is 952 g/mol. The van der Waals surface area contributed by atoms with Crippen LogP contribution < -0.4 is 29.6 Å². The summed E-state index contributed by atoms with van der Waals surface area (Å²) < 4.78 is 25.2. The third kappa shape index (κ3) is 14.3. The smallest absolute Gasteiger partial charge is 0.323 e. The summed E-state index contributed by atoms with van der Waals surface area (Å²) in [5, 5.41) is 55.1. The van der Waals surface area contributed by atoms with Gasteiger partial charge in [-0.25, -0.2) is 0 Å². The second kappa shape index (κ2) is 25.1. The Morgan fingerprint density at radius 2 is 1.11 bits per heavy atom. The molecular formula is C53H54Cl2N6O10. The highest BCUT2D eigenvalue weighted by molar-refractivity contribution is 6.32. The molecule has 370 valence electrons.